The van der Waals surface area contributed by atoms with E-state index in [1.54, 1.807) is 60.9 Å². The summed E-state index contributed by atoms with van der Waals surface area (Å²) >= 11 is 1.26. The van der Waals surface area contributed by atoms with Crippen molar-refractivity contribution in [2.75, 3.05) is 16.4 Å². The summed E-state index contributed by atoms with van der Waals surface area (Å²) in [5.74, 6) is -0.545. The molecular formula is C23H23N7O3S. The van der Waals surface area contributed by atoms with Gasteiger partial charge in [-0.25, -0.2) is 4.68 Å². The summed E-state index contributed by atoms with van der Waals surface area (Å²) in [5, 5.41) is 13.8. The van der Waals surface area contributed by atoms with E-state index in [4.69, 9.17) is 0 Å². The van der Waals surface area contributed by atoms with E-state index in [1.807, 2.05) is 30.3 Å². The fourth-order valence-electron chi connectivity index (χ4n) is 3.37. The molecule has 11 heteroatoms. The highest BCUT2D eigenvalue weighted by Gasteiger charge is 2.19. The number of amides is 2. The zero-order valence-electron chi connectivity index (χ0n) is 18.8. The number of anilines is 2. The lowest BCUT2D eigenvalue weighted by molar-refractivity contribution is -0.113. The highest BCUT2D eigenvalue weighted by Crippen LogP contribution is 2.18. The second-order valence-electron chi connectivity index (χ2n) is 7.53. The molecular weight excluding hydrogens is 454 g/mol. The lowest BCUT2D eigenvalue weighted by atomic mass is 10.2. The van der Waals surface area contributed by atoms with Gasteiger partial charge in [0.15, 0.2) is 5.16 Å². The highest BCUT2D eigenvalue weighted by molar-refractivity contribution is 7.99. The SMILES string of the molecule is Cc1c(NC(=O)c2cccc(NC(=O)CSc3nncn3C)c2)c(=O)n(-c2ccccc2)n1C. The minimum absolute atomic E-state index is 0.144. The third-order valence-electron chi connectivity index (χ3n) is 5.20. The van der Waals surface area contributed by atoms with Gasteiger partial charge in [-0.1, -0.05) is 36.0 Å². The molecule has 10 nitrogen and oxygen atoms in total. The third-order valence-corrected chi connectivity index (χ3v) is 6.24. The van der Waals surface area contributed by atoms with Crippen LogP contribution in [0, 0.1) is 6.92 Å². The molecule has 0 radical (unpaired) electrons. The van der Waals surface area contributed by atoms with Crippen molar-refractivity contribution in [1.29, 1.82) is 0 Å². The van der Waals surface area contributed by atoms with Crippen LogP contribution in [0.2, 0.25) is 0 Å². The van der Waals surface area contributed by atoms with Crippen LogP contribution in [0.5, 0.6) is 0 Å². The van der Waals surface area contributed by atoms with Crippen molar-refractivity contribution in [2.45, 2.75) is 12.1 Å². The van der Waals surface area contributed by atoms with E-state index in [-0.39, 0.29) is 22.9 Å². The van der Waals surface area contributed by atoms with Crippen LogP contribution in [0.3, 0.4) is 0 Å². The van der Waals surface area contributed by atoms with Crippen LogP contribution in [0.1, 0.15) is 16.1 Å². The topological polar surface area (TPSA) is 116 Å². The summed E-state index contributed by atoms with van der Waals surface area (Å²) in [6.45, 7) is 1.77. The molecule has 0 saturated carbocycles. The van der Waals surface area contributed by atoms with Crippen molar-refractivity contribution < 1.29 is 9.59 Å². The number of nitrogens with zero attached hydrogens (tertiary/aromatic N) is 5. The number of carbonyl (C=O) groups is 2. The van der Waals surface area contributed by atoms with E-state index < -0.39 is 5.91 Å². The van der Waals surface area contributed by atoms with Crippen molar-refractivity contribution in [1.82, 2.24) is 24.1 Å². The number of benzene rings is 2. The molecule has 34 heavy (non-hydrogen) atoms. The predicted molar refractivity (Wildman–Crippen MR) is 130 cm³/mol. The van der Waals surface area contributed by atoms with Gasteiger partial charge in [0.05, 0.1) is 17.1 Å². The first-order valence-corrected chi connectivity index (χ1v) is 11.4. The molecule has 2 heterocycles. The fourth-order valence-corrected chi connectivity index (χ4v) is 4.05. The fraction of sp³-hybridized carbons (Fsp3) is 0.174. The van der Waals surface area contributed by atoms with Crippen LogP contribution in [-0.2, 0) is 18.9 Å². The lowest BCUT2D eigenvalue weighted by Gasteiger charge is -2.08. The Morgan fingerprint density at radius 3 is 2.50 bits per heavy atom. The monoisotopic (exact) mass is 477 g/mol. The Kier molecular flexibility index (Phi) is 6.64. The zero-order valence-corrected chi connectivity index (χ0v) is 19.7. The number of para-hydroxylation sites is 1. The number of carbonyl (C=O) groups excluding carboxylic acids is 2. The van der Waals surface area contributed by atoms with Crippen LogP contribution in [0.25, 0.3) is 5.69 Å². The molecule has 2 aromatic heterocycles. The summed E-state index contributed by atoms with van der Waals surface area (Å²) in [6.07, 6.45) is 1.56. The Morgan fingerprint density at radius 1 is 1.03 bits per heavy atom. The van der Waals surface area contributed by atoms with Gasteiger partial charge in [0.25, 0.3) is 11.5 Å². The quantitative estimate of drug-likeness (QED) is 0.395. The maximum Gasteiger partial charge on any atom is 0.295 e. The van der Waals surface area contributed by atoms with Crippen molar-refractivity contribution in [3.05, 3.63) is 82.5 Å². The molecule has 0 aliphatic heterocycles. The maximum absolute atomic E-state index is 13.0. The van der Waals surface area contributed by atoms with Crippen LogP contribution >= 0.6 is 11.8 Å². The van der Waals surface area contributed by atoms with Crippen molar-refractivity contribution in [3.8, 4) is 5.69 Å². The van der Waals surface area contributed by atoms with E-state index >= 15 is 0 Å². The largest absolute Gasteiger partial charge is 0.325 e. The summed E-state index contributed by atoms with van der Waals surface area (Å²) in [4.78, 5) is 38.3. The van der Waals surface area contributed by atoms with Crippen LogP contribution in [0.4, 0.5) is 11.4 Å². The van der Waals surface area contributed by atoms with Gasteiger partial charge in [0.1, 0.15) is 12.0 Å². The normalized spacial score (nSPS) is 10.8. The van der Waals surface area contributed by atoms with Crippen LogP contribution in [-0.4, -0.2) is 41.7 Å². The first kappa shape index (κ1) is 23.1. The minimum Gasteiger partial charge on any atom is -0.325 e. The average molecular weight is 478 g/mol. The van der Waals surface area contributed by atoms with Crippen LogP contribution < -0.4 is 16.2 Å². The van der Waals surface area contributed by atoms with E-state index in [1.165, 1.54) is 16.4 Å². The first-order chi connectivity index (χ1) is 16.3. The standard InChI is InChI=1S/C23H23N7O3S/c1-15-20(22(33)30(29(15)3)18-10-5-4-6-11-18)26-21(32)16-8-7-9-17(12-16)25-19(31)13-34-23-27-24-14-28(23)2/h4-12,14H,13H2,1-3H3,(H,25,31)(H,26,32). The smallest absolute Gasteiger partial charge is 0.295 e. The second-order valence-corrected chi connectivity index (χ2v) is 8.48. The van der Waals surface area contributed by atoms with Gasteiger partial charge in [-0.05, 0) is 37.3 Å². The molecule has 0 aliphatic rings. The molecule has 2 amide bonds. The molecule has 2 N–H and O–H groups in total. The minimum atomic E-state index is -0.449. The molecule has 174 valence electrons. The molecule has 0 atom stereocenters. The molecule has 0 saturated heterocycles. The van der Waals surface area contributed by atoms with Crippen molar-refractivity contribution >= 4 is 35.0 Å². The van der Waals surface area contributed by atoms with Gasteiger partial charge < -0.3 is 15.2 Å². The molecule has 0 spiro atoms. The number of aryl methyl sites for hydroxylation is 1. The van der Waals surface area contributed by atoms with Crippen molar-refractivity contribution in [2.24, 2.45) is 14.1 Å². The summed E-state index contributed by atoms with van der Waals surface area (Å²) in [7, 11) is 3.56. The summed E-state index contributed by atoms with van der Waals surface area (Å²) in [6, 6.07) is 15.7. The molecule has 0 fully saturated rings. The zero-order chi connectivity index (χ0) is 24.2. The van der Waals surface area contributed by atoms with E-state index in [0.29, 0.717) is 27.8 Å². The Bertz CT molecular complexity index is 1410. The molecule has 2 aromatic carbocycles. The number of thioether (sulfide) groups is 1. The Labute approximate surface area is 199 Å². The maximum atomic E-state index is 13.0. The van der Waals surface area contributed by atoms with Gasteiger partial charge in [-0.3, -0.25) is 19.1 Å². The second kappa shape index (κ2) is 9.79. The third kappa shape index (κ3) is 4.79. The average Bonchev–Trinajstić information content (AvgIpc) is 3.34. The van der Waals surface area contributed by atoms with Gasteiger partial charge in [0, 0.05) is 25.3 Å². The number of rotatable bonds is 7. The predicted octanol–water partition coefficient (Wildman–Crippen LogP) is 2.60. The molecule has 0 unspecified atom stereocenters. The Hall–Kier alpha value is -4.12. The van der Waals surface area contributed by atoms with E-state index in [0.717, 1.165) is 0 Å². The van der Waals surface area contributed by atoms with Gasteiger partial charge in [0.2, 0.25) is 5.91 Å². The molecule has 0 bridgehead atoms. The van der Waals surface area contributed by atoms with Gasteiger partial charge in [-0.2, -0.15) is 0 Å². The lowest BCUT2D eigenvalue weighted by Crippen LogP contribution is -2.23. The van der Waals surface area contributed by atoms with E-state index in [2.05, 4.69) is 20.8 Å². The summed E-state index contributed by atoms with van der Waals surface area (Å²) in [5.41, 5.74) is 1.97. The Morgan fingerprint density at radius 2 is 1.79 bits per heavy atom. The highest BCUT2D eigenvalue weighted by atomic mass is 32.2. The van der Waals surface area contributed by atoms with Gasteiger partial charge >= 0.3 is 0 Å². The summed E-state index contributed by atoms with van der Waals surface area (Å²) < 4.78 is 4.91. The number of nitrogens with one attached hydrogen (secondary N) is 2. The Balaban J connectivity index is 1.47. The first-order valence-electron chi connectivity index (χ1n) is 10.4. The number of hydrogen-bond acceptors (Lipinski definition) is 6. The number of hydrogen-bond donors (Lipinski definition) is 2. The molecule has 0 aliphatic carbocycles. The van der Waals surface area contributed by atoms with Crippen molar-refractivity contribution in [3.63, 3.8) is 0 Å². The molecule has 4 rings (SSSR count). The van der Waals surface area contributed by atoms with Crippen LogP contribution in [0.15, 0.2) is 70.9 Å². The van der Waals surface area contributed by atoms with E-state index in [9.17, 15) is 14.4 Å². The number of aromatic nitrogens is 5. The van der Waals surface area contributed by atoms with Gasteiger partial charge in [-0.15, -0.1) is 10.2 Å². The molecule has 4 aromatic rings.